The molecule has 0 spiro atoms. The van der Waals surface area contributed by atoms with Crippen LogP contribution in [0.1, 0.15) is 23.7 Å². The Labute approximate surface area is 158 Å². The smallest absolute Gasteiger partial charge is 0.251 e. The zero-order valence-electron chi connectivity index (χ0n) is 15.3. The number of nitrogens with zero attached hydrogens (tertiary/aromatic N) is 1. The lowest BCUT2D eigenvalue weighted by molar-refractivity contribution is -0.114. The number of carbonyl (C=O) groups excluding carboxylic acids is 2. The average molecular weight is 365 g/mol. The molecule has 2 saturated heterocycles. The van der Waals surface area contributed by atoms with Gasteiger partial charge in [-0.2, -0.15) is 0 Å². The van der Waals surface area contributed by atoms with Gasteiger partial charge in [0, 0.05) is 37.3 Å². The molecule has 2 heterocycles. The Balaban J connectivity index is 1.34. The largest absolute Gasteiger partial charge is 0.457 e. The lowest BCUT2D eigenvalue weighted by Crippen LogP contribution is -2.43. The fourth-order valence-electron chi connectivity index (χ4n) is 3.82. The van der Waals surface area contributed by atoms with E-state index in [1.165, 1.54) is 13.3 Å². The molecule has 0 aromatic heterocycles. The third-order valence-electron chi connectivity index (χ3n) is 5.18. The maximum Gasteiger partial charge on any atom is 0.251 e. The molecule has 2 bridgehead atoms. The van der Waals surface area contributed by atoms with Gasteiger partial charge < -0.3 is 20.3 Å². The van der Waals surface area contributed by atoms with Crippen LogP contribution in [0, 0.1) is 5.92 Å². The number of hydrogen-bond donors (Lipinski definition) is 2. The van der Waals surface area contributed by atoms with Gasteiger partial charge in [0.25, 0.3) is 5.91 Å². The van der Waals surface area contributed by atoms with Crippen LogP contribution in [0.25, 0.3) is 0 Å². The highest BCUT2D eigenvalue weighted by molar-refractivity contribution is 5.94. The van der Waals surface area contributed by atoms with Crippen LogP contribution >= 0.6 is 0 Å². The molecule has 0 radical (unpaired) electrons. The number of amides is 2. The first kappa shape index (κ1) is 17.5. The van der Waals surface area contributed by atoms with Crippen molar-refractivity contribution in [1.82, 2.24) is 10.2 Å². The third kappa shape index (κ3) is 4.11. The van der Waals surface area contributed by atoms with E-state index in [4.69, 9.17) is 4.74 Å². The fourth-order valence-corrected chi connectivity index (χ4v) is 3.82. The standard InChI is InChI=1S/C21H23N3O3/c1-14(25)22-17-4-8-19(9-5-17)27-18-6-2-15(3-7-18)21(26)23-20-13-24-11-10-16(20)12-24/h2-9,16,20H,10-13H2,1H3,(H,22,25)(H,23,26). The number of piperidine rings is 1. The minimum absolute atomic E-state index is 0.0278. The van der Waals surface area contributed by atoms with Gasteiger partial charge in [0.05, 0.1) is 0 Å². The number of anilines is 1. The first-order valence-corrected chi connectivity index (χ1v) is 9.25. The van der Waals surface area contributed by atoms with Crippen molar-refractivity contribution in [1.29, 1.82) is 0 Å². The third-order valence-corrected chi connectivity index (χ3v) is 5.18. The van der Waals surface area contributed by atoms with E-state index in [1.807, 2.05) is 0 Å². The van der Waals surface area contributed by atoms with Crippen molar-refractivity contribution in [2.45, 2.75) is 19.4 Å². The molecular formula is C21H23N3O3. The molecule has 6 nitrogen and oxygen atoms in total. The normalized spacial score (nSPS) is 23.1. The quantitative estimate of drug-likeness (QED) is 0.855. The van der Waals surface area contributed by atoms with Gasteiger partial charge in [0.15, 0.2) is 0 Å². The number of fused-ring (bicyclic) bond motifs is 2. The second-order valence-corrected chi connectivity index (χ2v) is 7.22. The van der Waals surface area contributed by atoms with Crippen LogP contribution in [0.4, 0.5) is 5.69 Å². The molecule has 27 heavy (non-hydrogen) atoms. The van der Waals surface area contributed by atoms with Gasteiger partial charge in [-0.15, -0.1) is 0 Å². The van der Waals surface area contributed by atoms with Crippen LogP contribution < -0.4 is 15.4 Å². The second kappa shape index (κ2) is 7.40. The van der Waals surface area contributed by atoms with Crippen LogP contribution in [0.2, 0.25) is 0 Å². The summed E-state index contributed by atoms with van der Waals surface area (Å²) in [5.41, 5.74) is 1.36. The lowest BCUT2D eigenvalue weighted by atomic mass is 9.99. The van der Waals surface area contributed by atoms with E-state index in [-0.39, 0.29) is 17.9 Å². The van der Waals surface area contributed by atoms with Crippen molar-refractivity contribution in [3.63, 3.8) is 0 Å². The van der Waals surface area contributed by atoms with E-state index < -0.39 is 0 Å². The van der Waals surface area contributed by atoms with Gasteiger partial charge in [-0.3, -0.25) is 9.59 Å². The zero-order chi connectivity index (χ0) is 18.8. The lowest BCUT2D eigenvalue weighted by Gasteiger charge is -2.23. The summed E-state index contributed by atoms with van der Waals surface area (Å²) in [6, 6.07) is 14.6. The minimum atomic E-state index is -0.111. The Morgan fingerprint density at radius 1 is 1.00 bits per heavy atom. The molecule has 0 aliphatic carbocycles. The van der Waals surface area contributed by atoms with Crippen LogP contribution in [-0.2, 0) is 4.79 Å². The molecule has 2 N–H and O–H groups in total. The Bertz CT molecular complexity index is 833. The molecule has 2 aliphatic rings. The summed E-state index contributed by atoms with van der Waals surface area (Å²) in [4.78, 5) is 25.9. The summed E-state index contributed by atoms with van der Waals surface area (Å²) in [6.45, 7) is 4.70. The summed E-state index contributed by atoms with van der Waals surface area (Å²) in [7, 11) is 0. The van der Waals surface area contributed by atoms with E-state index in [2.05, 4.69) is 15.5 Å². The minimum Gasteiger partial charge on any atom is -0.457 e. The molecule has 140 valence electrons. The van der Waals surface area contributed by atoms with E-state index >= 15 is 0 Å². The highest BCUT2D eigenvalue weighted by Gasteiger charge is 2.38. The van der Waals surface area contributed by atoms with E-state index in [0.29, 0.717) is 23.0 Å². The van der Waals surface area contributed by atoms with Crippen molar-refractivity contribution in [2.75, 3.05) is 25.0 Å². The topological polar surface area (TPSA) is 70.7 Å². The predicted octanol–water partition coefficient (Wildman–Crippen LogP) is 2.87. The van der Waals surface area contributed by atoms with Gasteiger partial charge in [0.1, 0.15) is 11.5 Å². The fraction of sp³-hybridized carbons (Fsp3) is 0.333. The number of ether oxygens (including phenoxy) is 1. The molecule has 2 aromatic rings. The van der Waals surface area contributed by atoms with Crippen molar-refractivity contribution < 1.29 is 14.3 Å². The molecule has 2 aliphatic heterocycles. The number of benzene rings is 2. The number of nitrogens with one attached hydrogen (secondary N) is 2. The maximum absolute atomic E-state index is 12.5. The molecule has 4 rings (SSSR count). The number of rotatable bonds is 5. The number of carbonyl (C=O) groups is 2. The highest BCUT2D eigenvalue weighted by Crippen LogP contribution is 2.28. The first-order valence-electron chi connectivity index (χ1n) is 9.25. The Morgan fingerprint density at radius 2 is 1.67 bits per heavy atom. The van der Waals surface area contributed by atoms with Gasteiger partial charge >= 0.3 is 0 Å². The van der Waals surface area contributed by atoms with Crippen LogP contribution in [0.15, 0.2) is 48.5 Å². The molecule has 2 aromatic carbocycles. The zero-order valence-corrected chi connectivity index (χ0v) is 15.3. The van der Waals surface area contributed by atoms with Crippen molar-refractivity contribution in [3.8, 4) is 11.5 Å². The first-order chi connectivity index (χ1) is 13.1. The van der Waals surface area contributed by atoms with E-state index in [1.54, 1.807) is 48.5 Å². The number of hydrogen-bond acceptors (Lipinski definition) is 4. The summed E-state index contributed by atoms with van der Waals surface area (Å²) in [5.74, 6) is 1.78. The van der Waals surface area contributed by atoms with Crippen LogP contribution in [0.5, 0.6) is 11.5 Å². The molecule has 3 atom stereocenters. The van der Waals surface area contributed by atoms with Crippen LogP contribution in [0.3, 0.4) is 0 Å². The van der Waals surface area contributed by atoms with Crippen LogP contribution in [-0.4, -0.2) is 42.4 Å². The van der Waals surface area contributed by atoms with Crippen molar-refractivity contribution in [2.24, 2.45) is 5.92 Å². The van der Waals surface area contributed by atoms with Gasteiger partial charge in [0.2, 0.25) is 5.91 Å². The SMILES string of the molecule is CC(=O)Nc1ccc(Oc2ccc(C(=O)NC3CN4CCC3C4)cc2)cc1. The van der Waals surface area contributed by atoms with Gasteiger partial charge in [-0.25, -0.2) is 0 Å². The summed E-state index contributed by atoms with van der Waals surface area (Å²) >= 11 is 0. The second-order valence-electron chi connectivity index (χ2n) is 7.22. The molecule has 2 amide bonds. The van der Waals surface area contributed by atoms with Crippen molar-refractivity contribution >= 4 is 17.5 Å². The Hall–Kier alpha value is -2.86. The molecule has 6 heteroatoms. The maximum atomic E-state index is 12.5. The summed E-state index contributed by atoms with van der Waals surface area (Å²) in [6.07, 6.45) is 1.18. The molecule has 3 unspecified atom stereocenters. The Kier molecular flexibility index (Phi) is 4.81. The van der Waals surface area contributed by atoms with Crippen molar-refractivity contribution in [3.05, 3.63) is 54.1 Å². The van der Waals surface area contributed by atoms with Gasteiger partial charge in [-0.1, -0.05) is 0 Å². The molecular weight excluding hydrogens is 342 g/mol. The van der Waals surface area contributed by atoms with E-state index in [9.17, 15) is 9.59 Å². The molecule has 2 fully saturated rings. The predicted molar refractivity (Wildman–Crippen MR) is 103 cm³/mol. The Morgan fingerprint density at radius 3 is 2.22 bits per heavy atom. The summed E-state index contributed by atoms with van der Waals surface area (Å²) in [5, 5.41) is 5.87. The monoisotopic (exact) mass is 365 g/mol. The van der Waals surface area contributed by atoms with E-state index in [0.717, 1.165) is 25.3 Å². The average Bonchev–Trinajstić information content (AvgIpc) is 3.26. The summed E-state index contributed by atoms with van der Waals surface area (Å²) < 4.78 is 5.80. The molecule has 0 saturated carbocycles. The highest BCUT2D eigenvalue weighted by atomic mass is 16.5. The van der Waals surface area contributed by atoms with Gasteiger partial charge in [-0.05, 0) is 67.4 Å².